The summed E-state index contributed by atoms with van der Waals surface area (Å²) in [4.78, 5) is 16.6. The van der Waals surface area contributed by atoms with E-state index in [1.165, 1.54) is 0 Å². The SMILES string of the molecule is CN(C)CCCN(C(=O)CCc1ccc(C#N)cc1)C1CCS(=O)(=O)C1. The van der Waals surface area contributed by atoms with Crippen molar-refractivity contribution in [1.29, 1.82) is 5.26 Å². The quantitative estimate of drug-likeness (QED) is 0.685. The zero-order chi connectivity index (χ0) is 19.2. The molecule has 1 heterocycles. The Kier molecular flexibility index (Phi) is 7.18. The zero-order valence-corrected chi connectivity index (χ0v) is 16.3. The maximum Gasteiger partial charge on any atom is 0.223 e. The third-order valence-corrected chi connectivity index (χ3v) is 6.43. The van der Waals surface area contributed by atoms with Crippen molar-refractivity contribution in [2.75, 3.05) is 38.7 Å². The van der Waals surface area contributed by atoms with Gasteiger partial charge >= 0.3 is 0 Å². The van der Waals surface area contributed by atoms with Gasteiger partial charge in [-0.15, -0.1) is 0 Å². The highest BCUT2D eigenvalue weighted by molar-refractivity contribution is 7.91. The Bertz CT molecular complexity index is 751. The van der Waals surface area contributed by atoms with Crippen LogP contribution in [0, 0.1) is 11.3 Å². The fraction of sp³-hybridized carbons (Fsp3) is 0.579. The van der Waals surface area contributed by atoms with Crippen molar-refractivity contribution in [2.45, 2.75) is 31.7 Å². The Morgan fingerprint density at radius 3 is 2.46 bits per heavy atom. The summed E-state index contributed by atoms with van der Waals surface area (Å²) in [5.74, 6) is 0.262. The Balaban J connectivity index is 1.98. The number of sulfone groups is 1. The predicted molar refractivity (Wildman–Crippen MR) is 101 cm³/mol. The van der Waals surface area contributed by atoms with Gasteiger partial charge in [0.15, 0.2) is 9.84 Å². The lowest BCUT2D eigenvalue weighted by molar-refractivity contribution is -0.133. The molecule has 1 saturated heterocycles. The van der Waals surface area contributed by atoms with Gasteiger partial charge in [-0.2, -0.15) is 5.26 Å². The summed E-state index contributed by atoms with van der Waals surface area (Å²) in [5.41, 5.74) is 1.60. The number of amides is 1. The summed E-state index contributed by atoms with van der Waals surface area (Å²) < 4.78 is 23.6. The first-order valence-corrected chi connectivity index (χ1v) is 10.8. The van der Waals surface area contributed by atoms with Gasteiger partial charge in [-0.1, -0.05) is 12.1 Å². The van der Waals surface area contributed by atoms with E-state index in [4.69, 9.17) is 5.26 Å². The minimum Gasteiger partial charge on any atom is -0.339 e. The number of carbonyl (C=O) groups is 1. The van der Waals surface area contributed by atoms with Gasteiger partial charge < -0.3 is 9.80 Å². The van der Waals surface area contributed by atoms with Crippen molar-refractivity contribution in [3.63, 3.8) is 0 Å². The Morgan fingerprint density at radius 2 is 1.92 bits per heavy atom. The van der Waals surface area contributed by atoms with Crippen LogP contribution in [0.15, 0.2) is 24.3 Å². The molecular formula is C19H27N3O3S. The standard InChI is InChI=1S/C19H27N3O3S/c1-21(2)11-3-12-22(18-10-13-26(24,25)15-18)19(23)9-8-16-4-6-17(14-20)7-5-16/h4-7,18H,3,8-13,15H2,1-2H3. The van der Waals surface area contributed by atoms with Crippen molar-refractivity contribution >= 4 is 15.7 Å². The average molecular weight is 378 g/mol. The molecule has 0 N–H and O–H groups in total. The third kappa shape index (κ3) is 6.11. The molecule has 6 nitrogen and oxygen atoms in total. The predicted octanol–water partition coefficient (Wildman–Crippen LogP) is 1.46. The molecule has 1 fully saturated rings. The van der Waals surface area contributed by atoms with E-state index in [1.807, 2.05) is 26.2 Å². The normalized spacial score (nSPS) is 18.6. The van der Waals surface area contributed by atoms with Crippen LogP contribution in [0.3, 0.4) is 0 Å². The van der Waals surface area contributed by atoms with Crippen molar-refractivity contribution in [3.8, 4) is 6.07 Å². The van der Waals surface area contributed by atoms with Crippen LogP contribution in [0.1, 0.15) is 30.4 Å². The molecule has 2 rings (SSSR count). The molecule has 0 spiro atoms. The zero-order valence-electron chi connectivity index (χ0n) is 15.5. The molecule has 1 aromatic rings. The number of nitrogens with zero attached hydrogens (tertiary/aromatic N) is 3. The van der Waals surface area contributed by atoms with E-state index < -0.39 is 9.84 Å². The molecule has 26 heavy (non-hydrogen) atoms. The first-order chi connectivity index (χ1) is 12.3. The van der Waals surface area contributed by atoms with E-state index >= 15 is 0 Å². The smallest absolute Gasteiger partial charge is 0.223 e. The van der Waals surface area contributed by atoms with E-state index in [0.717, 1.165) is 18.5 Å². The van der Waals surface area contributed by atoms with Gasteiger partial charge in [0.1, 0.15) is 0 Å². The van der Waals surface area contributed by atoms with Crippen LogP contribution in [0.25, 0.3) is 0 Å². The van der Waals surface area contributed by atoms with Gasteiger partial charge in [0, 0.05) is 19.0 Å². The second-order valence-electron chi connectivity index (χ2n) is 7.11. The van der Waals surface area contributed by atoms with Crippen molar-refractivity contribution in [2.24, 2.45) is 0 Å². The number of rotatable bonds is 8. The summed E-state index contributed by atoms with van der Waals surface area (Å²) in [6.07, 6.45) is 2.30. The van der Waals surface area contributed by atoms with Gasteiger partial charge in [-0.25, -0.2) is 8.42 Å². The van der Waals surface area contributed by atoms with E-state index in [0.29, 0.717) is 31.4 Å². The number of aryl methyl sites for hydroxylation is 1. The lowest BCUT2D eigenvalue weighted by atomic mass is 10.1. The number of hydrogen-bond donors (Lipinski definition) is 0. The van der Waals surface area contributed by atoms with Crippen molar-refractivity contribution < 1.29 is 13.2 Å². The molecule has 1 unspecified atom stereocenters. The summed E-state index contributed by atoms with van der Waals surface area (Å²) in [6.45, 7) is 1.45. The summed E-state index contributed by atoms with van der Waals surface area (Å²) >= 11 is 0. The molecule has 1 aromatic carbocycles. The first-order valence-electron chi connectivity index (χ1n) is 8.94. The lowest BCUT2D eigenvalue weighted by Crippen LogP contribution is -2.42. The number of carbonyl (C=O) groups excluding carboxylic acids is 1. The van der Waals surface area contributed by atoms with Crippen molar-refractivity contribution in [3.05, 3.63) is 35.4 Å². The fourth-order valence-corrected chi connectivity index (χ4v) is 4.96. The molecule has 1 aliphatic rings. The second kappa shape index (κ2) is 9.15. The highest BCUT2D eigenvalue weighted by Gasteiger charge is 2.34. The molecule has 7 heteroatoms. The molecule has 0 aromatic heterocycles. The molecule has 1 aliphatic heterocycles. The number of nitriles is 1. The maximum atomic E-state index is 12.8. The fourth-order valence-electron chi connectivity index (χ4n) is 3.23. The molecule has 142 valence electrons. The minimum atomic E-state index is -3.03. The Hall–Kier alpha value is -1.91. The van der Waals surface area contributed by atoms with Crippen LogP contribution in [-0.2, 0) is 21.1 Å². The lowest BCUT2D eigenvalue weighted by Gasteiger charge is -2.29. The van der Waals surface area contributed by atoms with Gasteiger partial charge in [0.05, 0.1) is 23.1 Å². The molecule has 0 radical (unpaired) electrons. The first kappa shape index (κ1) is 20.4. The van der Waals surface area contributed by atoms with E-state index in [2.05, 4.69) is 11.0 Å². The van der Waals surface area contributed by atoms with Crippen LogP contribution < -0.4 is 0 Å². The highest BCUT2D eigenvalue weighted by Crippen LogP contribution is 2.20. The van der Waals surface area contributed by atoms with E-state index in [9.17, 15) is 13.2 Å². The monoisotopic (exact) mass is 377 g/mol. The van der Waals surface area contributed by atoms with Gasteiger partial charge in [0.25, 0.3) is 0 Å². The molecule has 1 amide bonds. The number of benzene rings is 1. The molecule has 0 aliphatic carbocycles. The van der Waals surface area contributed by atoms with E-state index in [-0.39, 0.29) is 23.5 Å². The van der Waals surface area contributed by atoms with Gasteiger partial charge in [0.2, 0.25) is 5.91 Å². The largest absolute Gasteiger partial charge is 0.339 e. The van der Waals surface area contributed by atoms with E-state index in [1.54, 1.807) is 17.0 Å². The van der Waals surface area contributed by atoms with Gasteiger partial charge in [-0.3, -0.25) is 4.79 Å². The minimum absolute atomic E-state index is 0.00946. The van der Waals surface area contributed by atoms with Crippen LogP contribution in [-0.4, -0.2) is 68.9 Å². The Labute approximate surface area is 156 Å². The molecule has 1 atom stereocenters. The highest BCUT2D eigenvalue weighted by atomic mass is 32.2. The Morgan fingerprint density at radius 1 is 1.23 bits per heavy atom. The van der Waals surface area contributed by atoms with Crippen molar-refractivity contribution in [1.82, 2.24) is 9.80 Å². The molecule has 0 bridgehead atoms. The van der Waals surface area contributed by atoms with Gasteiger partial charge in [-0.05, 0) is 57.6 Å². The topological polar surface area (TPSA) is 81.5 Å². The average Bonchev–Trinajstić information content (AvgIpc) is 2.96. The third-order valence-electron chi connectivity index (χ3n) is 4.68. The van der Waals surface area contributed by atoms with Crippen LogP contribution in [0.2, 0.25) is 0 Å². The van der Waals surface area contributed by atoms with Crippen LogP contribution >= 0.6 is 0 Å². The van der Waals surface area contributed by atoms with Crippen LogP contribution in [0.4, 0.5) is 0 Å². The molecule has 0 saturated carbocycles. The second-order valence-corrected chi connectivity index (χ2v) is 9.34. The maximum absolute atomic E-state index is 12.8. The summed E-state index contributed by atoms with van der Waals surface area (Å²) in [6, 6.07) is 9.10. The summed E-state index contributed by atoms with van der Waals surface area (Å²) in [7, 11) is 0.941. The molecular weight excluding hydrogens is 350 g/mol. The van der Waals surface area contributed by atoms with Crippen LogP contribution in [0.5, 0.6) is 0 Å². The summed E-state index contributed by atoms with van der Waals surface area (Å²) in [5, 5.41) is 8.84. The number of hydrogen-bond acceptors (Lipinski definition) is 5.